The SMILES string of the molecule is C=C1CC2C(O)N(C(=O)OCc3ccc(NC(=O)C(CCCNC(N)=O)NC(=O)C(NC(=O)CCCCCn4c(O)cc(S)c4O)C(C)C)cc3)c3cc(OCCCCCOc4cc5c(cc4OC)C(=O)N4CC(C)CC4C=CC5=C)c(OC)cc3C(=O)N2C1. The topological polar surface area (TPSA) is 315 Å². The first-order chi connectivity index (χ1) is 43.1. The number of nitrogens with two attached hydrogens (primary N) is 1. The van der Waals surface area contributed by atoms with E-state index in [9.17, 15) is 48.9 Å². The molecule has 4 aromatic rings. The highest BCUT2D eigenvalue weighted by Gasteiger charge is 2.46. The number of nitrogens with zero attached hydrogens (tertiary/aromatic N) is 4. The molecule has 25 heteroatoms. The van der Waals surface area contributed by atoms with Gasteiger partial charge in [0, 0.05) is 50.4 Å². The van der Waals surface area contributed by atoms with Gasteiger partial charge < -0.3 is 75.8 Å². The molecule has 5 heterocycles. The van der Waals surface area contributed by atoms with Gasteiger partial charge in [0.15, 0.2) is 35.1 Å². The molecule has 4 aliphatic rings. The summed E-state index contributed by atoms with van der Waals surface area (Å²) in [6, 6.07) is 10.5. The summed E-state index contributed by atoms with van der Waals surface area (Å²) >= 11 is 4.11. The van der Waals surface area contributed by atoms with Crippen LogP contribution < -0.4 is 50.8 Å². The summed E-state index contributed by atoms with van der Waals surface area (Å²) < 4.78 is 31.0. The number of unbranched alkanes of at least 4 members (excludes halogenated alkanes) is 4. The zero-order valence-corrected chi connectivity index (χ0v) is 52.5. The van der Waals surface area contributed by atoms with Gasteiger partial charge in [0.1, 0.15) is 18.7 Å². The van der Waals surface area contributed by atoms with Crippen LogP contribution in [-0.4, -0.2) is 149 Å². The number of ether oxygens (including phenoxy) is 5. The van der Waals surface area contributed by atoms with E-state index in [2.05, 4.69) is 54.0 Å². The Morgan fingerprint density at radius 3 is 2.11 bits per heavy atom. The Balaban J connectivity index is 0.868. The van der Waals surface area contributed by atoms with Crippen molar-refractivity contribution in [2.24, 2.45) is 17.6 Å². The molecule has 9 N–H and O–H groups in total. The zero-order chi connectivity index (χ0) is 64.9. The summed E-state index contributed by atoms with van der Waals surface area (Å²) in [7, 11) is 2.97. The van der Waals surface area contributed by atoms with Gasteiger partial charge in [0.2, 0.25) is 23.6 Å². The monoisotopic (exact) mass is 1260 g/mol. The van der Waals surface area contributed by atoms with Crippen LogP contribution in [0.15, 0.2) is 90.4 Å². The number of urea groups is 1. The Morgan fingerprint density at radius 2 is 1.46 bits per heavy atom. The highest BCUT2D eigenvalue weighted by Crippen LogP contribution is 2.43. The van der Waals surface area contributed by atoms with Crippen molar-refractivity contribution in [1.82, 2.24) is 30.3 Å². The van der Waals surface area contributed by atoms with Crippen molar-refractivity contribution in [2.45, 2.75) is 140 Å². The molecular weight excluding hydrogens is 1180 g/mol. The maximum atomic E-state index is 14.3. The summed E-state index contributed by atoms with van der Waals surface area (Å²) in [6.07, 6.45) is 6.57. The summed E-state index contributed by atoms with van der Waals surface area (Å²) in [5.41, 5.74) is 8.81. The van der Waals surface area contributed by atoms with Crippen LogP contribution in [0, 0.1) is 11.8 Å². The number of aliphatic hydroxyl groups is 1. The molecule has 1 aromatic heterocycles. The maximum absolute atomic E-state index is 14.3. The van der Waals surface area contributed by atoms with E-state index >= 15 is 0 Å². The minimum absolute atomic E-state index is 0.0192. The van der Waals surface area contributed by atoms with E-state index < -0.39 is 54.2 Å². The number of benzene rings is 3. The molecule has 0 spiro atoms. The number of allylic oxidation sites excluding steroid dienone is 2. The third-order valence-electron chi connectivity index (χ3n) is 16.4. The third-order valence-corrected chi connectivity index (χ3v) is 16.7. The Morgan fingerprint density at radius 1 is 0.800 bits per heavy atom. The van der Waals surface area contributed by atoms with Gasteiger partial charge in [-0.3, -0.25) is 28.5 Å². The van der Waals surface area contributed by atoms with Crippen LogP contribution >= 0.6 is 12.6 Å². The molecule has 484 valence electrons. The van der Waals surface area contributed by atoms with Gasteiger partial charge in [-0.2, -0.15) is 0 Å². The van der Waals surface area contributed by atoms with Crippen molar-refractivity contribution in [3.8, 4) is 34.8 Å². The predicted octanol–water partition coefficient (Wildman–Crippen LogP) is 7.79. The van der Waals surface area contributed by atoms with Crippen molar-refractivity contribution >= 4 is 71.2 Å². The number of methoxy groups -OCH3 is 2. The molecule has 0 saturated carbocycles. The molecule has 2 saturated heterocycles. The molecule has 0 bridgehead atoms. The quantitative estimate of drug-likeness (QED) is 0.0149. The second kappa shape index (κ2) is 30.6. The second-order valence-corrected chi connectivity index (χ2v) is 24.0. The lowest BCUT2D eigenvalue weighted by molar-refractivity contribution is -0.132. The minimum Gasteiger partial charge on any atom is -0.494 e. The molecule has 8 rings (SSSR count). The molecule has 4 aliphatic heterocycles. The number of thiol groups is 1. The average Bonchev–Trinajstić information content (AvgIpc) is 1.62. The molecule has 3 aromatic carbocycles. The summed E-state index contributed by atoms with van der Waals surface area (Å²) in [5, 5.41) is 42.9. The number of amides is 8. The largest absolute Gasteiger partial charge is 0.494 e. The number of primary amides is 1. The molecule has 0 aliphatic carbocycles. The lowest BCUT2D eigenvalue weighted by Gasteiger charge is -2.31. The average molecular weight is 1260 g/mol. The zero-order valence-electron chi connectivity index (χ0n) is 51.6. The fourth-order valence-electron chi connectivity index (χ4n) is 11.6. The van der Waals surface area contributed by atoms with E-state index in [0.717, 1.165) is 11.3 Å². The first-order valence-corrected chi connectivity index (χ1v) is 30.8. The van der Waals surface area contributed by atoms with Crippen LogP contribution in [0.25, 0.3) is 5.57 Å². The number of aromatic nitrogens is 1. The van der Waals surface area contributed by atoms with Crippen LogP contribution in [0.4, 0.5) is 21.0 Å². The van der Waals surface area contributed by atoms with E-state index in [-0.39, 0.29) is 115 Å². The molecule has 6 atom stereocenters. The standard InChI is InChI=1S/C65H83N9O15S/c1-37(2)57(70-55(75)16-10-8-11-24-71-56(76)33-54(90)63(71)82)59(78)69-47(15-14-23-67-64(66)83)58(77)68-42-20-18-41(19-21-42)36-89-65(84)74-48-32-53(51(86-7)31-46(48)61(80)73-35-39(4)28-49(73)62(74)81)88-26-13-9-12-25-87-52-29-44-40(5)17-22-43-27-38(3)34-72(43)60(79)45(44)30-50(52)85-6/h17-22,29-33,37-38,43,47,49,57,62,76,81-82,90H,4-5,8-16,23-28,34-36H2,1-3,6-7H3,(H,68,77)(H,69,78)(H,70,75)(H3,66,67,83). The lowest BCUT2D eigenvalue weighted by Crippen LogP contribution is -2.54. The maximum Gasteiger partial charge on any atom is 0.416 e. The van der Waals surface area contributed by atoms with Crippen LogP contribution in [0.5, 0.6) is 34.8 Å². The van der Waals surface area contributed by atoms with Gasteiger partial charge in [-0.25, -0.2) is 14.5 Å². The predicted molar refractivity (Wildman–Crippen MR) is 339 cm³/mol. The number of carbonyl (C=O) groups is 7. The minimum atomic E-state index is -1.56. The molecular formula is C65H83N9O15S. The van der Waals surface area contributed by atoms with Gasteiger partial charge in [-0.05, 0) is 117 Å². The number of anilines is 2. The first kappa shape index (κ1) is 67.1. The number of carbonyl (C=O) groups excluding carboxylic acids is 7. The number of hydrogen-bond donors (Lipinski definition) is 9. The summed E-state index contributed by atoms with van der Waals surface area (Å²) in [4.78, 5) is 99.2. The fraction of sp³-hybridized carbons (Fsp3) is 0.462. The van der Waals surface area contributed by atoms with Crippen molar-refractivity contribution in [3.63, 3.8) is 0 Å². The van der Waals surface area contributed by atoms with Crippen molar-refractivity contribution in [1.29, 1.82) is 0 Å². The van der Waals surface area contributed by atoms with Gasteiger partial charge in [0.05, 0.1) is 61.2 Å². The Kier molecular flexibility index (Phi) is 22.8. The van der Waals surface area contributed by atoms with Crippen molar-refractivity contribution in [3.05, 3.63) is 108 Å². The molecule has 2 fully saturated rings. The molecule has 6 unspecified atom stereocenters. The molecule has 0 radical (unpaired) electrons. The summed E-state index contributed by atoms with van der Waals surface area (Å²) in [5.74, 6) is -0.943. The molecule has 24 nitrogen and oxygen atoms in total. The fourth-order valence-corrected chi connectivity index (χ4v) is 11.8. The summed E-state index contributed by atoms with van der Waals surface area (Å²) in [6.45, 7) is 15.5. The van der Waals surface area contributed by atoms with Crippen molar-refractivity contribution in [2.75, 3.05) is 57.3 Å². The number of hydrogen-bond acceptors (Lipinski definition) is 16. The van der Waals surface area contributed by atoms with Crippen LogP contribution in [0.1, 0.15) is 123 Å². The lowest BCUT2D eigenvalue weighted by atomic mass is 9.95. The number of fused-ring (bicyclic) bond motifs is 4. The van der Waals surface area contributed by atoms with E-state index in [1.807, 2.05) is 23.1 Å². The van der Waals surface area contributed by atoms with E-state index in [0.29, 0.717) is 109 Å². The van der Waals surface area contributed by atoms with Crippen LogP contribution in [-0.2, 0) is 32.3 Å². The van der Waals surface area contributed by atoms with Gasteiger partial charge in [-0.1, -0.05) is 70.2 Å². The number of nitrogens with one attached hydrogen (secondary N) is 4. The normalized spacial score (nSPS) is 18.3. The molecule has 90 heavy (non-hydrogen) atoms. The van der Waals surface area contributed by atoms with E-state index in [4.69, 9.17) is 29.4 Å². The Labute approximate surface area is 529 Å². The van der Waals surface area contributed by atoms with Gasteiger partial charge >= 0.3 is 12.1 Å². The second-order valence-electron chi connectivity index (χ2n) is 23.5. The molecule has 8 amide bonds. The Bertz CT molecular complexity index is 3370. The van der Waals surface area contributed by atoms with E-state index in [1.54, 1.807) is 44.2 Å². The number of aliphatic hydroxyl groups excluding tert-OH is 1. The van der Waals surface area contributed by atoms with Crippen molar-refractivity contribution < 1.29 is 72.6 Å². The first-order valence-electron chi connectivity index (χ1n) is 30.4. The van der Waals surface area contributed by atoms with E-state index in [1.165, 1.54) is 41.9 Å². The number of rotatable bonds is 28. The third kappa shape index (κ3) is 16.3. The smallest absolute Gasteiger partial charge is 0.416 e. The number of aromatic hydroxyl groups is 2. The van der Waals surface area contributed by atoms with Gasteiger partial charge in [0.25, 0.3) is 11.8 Å². The van der Waals surface area contributed by atoms with Crippen LogP contribution in [0.2, 0.25) is 0 Å². The van der Waals surface area contributed by atoms with Crippen LogP contribution in [0.3, 0.4) is 0 Å². The highest BCUT2D eigenvalue weighted by atomic mass is 32.1. The van der Waals surface area contributed by atoms with Gasteiger partial charge in [-0.15, -0.1) is 12.6 Å². The highest BCUT2D eigenvalue weighted by molar-refractivity contribution is 7.80. The Hall–Kier alpha value is -8.84.